The second-order valence-electron chi connectivity index (χ2n) is 3.94. The molecule has 0 aromatic heterocycles. The second-order valence-corrected chi connectivity index (χ2v) is 3.94. The minimum absolute atomic E-state index is 0.262. The van der Waals surface area contributed by atoms with Crippen LogP contribution in [0.3, 0.4) is 0 Å². The maximum absolute atomic E-state index is 5.96. The molecule has 0 radical (unpaired) electrons. The first kappa shape index (κ1) is 14.2. The van der Waals surface area contributed by atoms with Gasteiger partial charge in [-0.25, -0.2) is 0 Å². The van der Waals surface area contributed by atoms with Gasteiger partial charge in [-0.05, 0) is 33.1 Å². The third kappa shape index (κ3) is 7.20. The highest BCUT2D eigenvalue weighted by Gasteiger charge is 2.09. The molecule has 2 atom stereocenters. The van der Waals surface area contributed by atoms with Crippen LogP contribution < -0.4 is 5.73 Å². The number of hydrogen-bond acceptors (Lipinski definition) is 2. The van der Waals surface area contributed by atoms with Crippen molar-refractivity contribution in [1.29, 1.82) is 0 Å². The van der Waals surface area contributed by atoms with Gasteiger partial charge in [0.05, 0.1) is 12.4 Å². The molecule has 0 saturated carbocycles. The highest BCUT2D eigenvalue weighted by Crippen LogP contribution is 2.17. The molecule has 2 heteroatoms. The minimum atomic E-state index is 0.262. The van der Waals surface area contributed by atoms with Gasteiger partial charge in [0.25, 0.3) is 0 Å². The van der Waals surface area contributed by atoms with Crippen molar-refractivity contribution in [2.45, 2.75) is 46.1 Å². The molecule has 0 amide bonds. The second kappa shape index (κ2) is 8.54. The predicted octanol–water partition coefficient (Wildman–Crippen LogP) is 3.25. The lowest BCUT2D eigenvalue weighted by Gasteiger charge is -2.16. The van der Waals surface area contributed by atoms with Gasteiger partial charge < -0.3 is 10.5 Å². The fourth-order valence-electron chi connectivity index (χ4n) is 1.38. The van der Waals surface area contributed by atoms with Gasteiger partial charge in [-0.2, -0.15) is 0 Å². The van der Waals surface area contributed by atoms with E-state index in [0.717, 1.165) is 25.0 Å². The molecule has 0 aromatic rings. The van der Waals surface area contributed by atoms with Crippen LogP contribution >= 0.6 is 0 Å². The highest BCUT2D eigenvalue weighted by molar-refractivity contribution is 4.90. The predicted molar refractivity (Wildman–Crippen MR) is 66.6 cm³/mol. The molecule has 0 saturated heterocycles. The summed E-state index contributed by atoms with van der Waals surface area (Å²) in [5.41, 5.74) is 5.96. The van der Waals surface area contributed by atoms with Gasteiger partial charge in [0.2, 0.25) is 0 Å². The van der Waals surface area contributed by atoms with Crippen molar-refractivity contribution in [3.05, 3.63) is 24.5 Å². The highest BCUT2D eigenvalue weighted by atomic mass is 16.5. The van der Waals surface area contributed by atoms with Gasteiger partial charge in [-0.3, -0.25) is 0 Å². The summed E-state index contributed by atoms with van der Waals surface area (Å²) in [5, 5.41) is 0. The van der Waals surface area contributed by atoms with Gasteiger partial charge in [0.15, 0.2) is 0 Å². The molecule has 0 fully saturated rings. The van der Waals surface area contributed by atoms with Gasteiger partial charge in [-0.1, -0.05) is 25.7 Å². The largest absolute Gasteiger partial charge is 0.499 e. The Morgan fingerprint density at radius 3 is 2.67 bits per heavy atom. The SMILES string of the molecule is C=C(OCC)[C@@H](C)CC[C@@H](N)C/C=C/C. The third-order valence-electron chi connectivity index (χ3n) is 2.52. The Morgan fingerprint density at radius 1 is 1.47 bits per heavy atom. The van der Waals surface area contributed by atoms with E-state index >= 15 is 0 Å². The molecule has 0 spiro atoms. The molecule has 2 N–H and O–H groups in total. The van der Waals surface area contributed by atoms with Crippen molar-refractivity contribution in [2.75, 3.05) is 6.61 Å². The summed E-state index contributed by atoms with van der Waals surface area (Å²) in [6.07, 6.45) is 7.20. The Kier molecular flexibility index (Phi) is 8.11. The zero-order valence-corrected chi connectivity index (χ0v) is 10.3. The van der Waals surface area contributed by atoms with Crippen molar-refractivity contribution in [3.8, 4) is 0 Å². The van der Waals surface area contributed by atoms with Crippen LogP contribution in [-0.2, 0) is 4.74 Å². The third-order valence-corrected chi connectivity index (χ3v) is 2.52. The van der Waals surface area contributed by atoms with Crippen molar-refractivity contribution in [2.24, 2.45) is 11.7 Å². The number of rotatable bonds is 8. The first-order valence-corrected chi connectivity index (χ1v) is 5.80. The summed E-state index contributed by atoms with van der Waals surface area (Å²) in [7, 11) is 0. The van der Waals surface area contributed by atoms with Crippen molar-refractivity contribution in [1.82, 2.24) is 0 Å². The molecule has 0 aliphatic heterocycles. The van der Waals surface area contributed by atoms with Crippen LogP contribution in [0.25, 0.3) is 0 Å². The van der Waals surface area contributed by atoms with Crippen LogP contribution in [0.4, 0.5) is 0 Å². The van der Waals surface area contributed by atoms with Crippen LogP contribution in [0.15, 0.2) is 24.5 Å². The monoisotopic (exact) mass is 211 g/mol. The average molecular weight is 211 g/mol. The van der Waals surface area contributed by atoms with Crippen LogP contribution in [0.5, 0.6) is 0 Å². The number of nitrogens with two attached hydrogens (primary N) is 1. The summed E-state index contributed by atoms with van der Waals surface area (Å²) in [5.74, 6) is 1.29. The lowest BCUT2D eigenvalue weighted by Crippen LogP contribution is -2.20. The van der Waals surface area contributed by atoms with Gasteiger partial charge >= 0.3 is 0 Å². The fourth-order valence-corrected chi connectivity index (χ4v) is 1.38. The fraction of sp³-hybridized carbons (Fsp3) is 0.692. The molecule has 0 aromatic carbocycles. The van der Waals surface area contributed by atoms with Crippen molar-refractivity contribution < 1.29 is 4.74 Å². The number of ether oxygens (including phenoxy) is 1. The van der Waals surface area contributed by atoms with E-state index < -0.39 is 0 Å². The van der Waals surface area contributed by atoms with Gasteiger partial charge in [0.1, 0.15) is 0 Å². The molecule has 88 valence electrons. The summed E-state index contributed by atoms with van der Waals surface area (Å²) in [6, 6.07) is 0.262. The zero-order chi connectivity index (χ0) is 11.7. The Morgan fingerprint density at radius 2 is 2.13 bits per heavy atom. The standard InChI is InChI=1S/C13H25NO/c1-5-7-8-13(14)10-9-11(3)12(4)15-6-2/h5,7,11,13H,4,6,8-10,14H2,1-3H3/b7-5+/t11-,13-/m0/s1. The summed E-state index contributed by atoms with van der Waals surface area (Å²) < 4.78 is 5.37. The van der Waals surface area contributed by atoms with E-state index in [2.05, 4.69) is 19.6 Å². The lowest BCUT2D eigenvalue weighted by atomic mass is 9.99. The van der Waals surface area contributed by atoms with Crippen molar-refractivity contribution >= 4 is 0 Å². The molecular weight excluding hydrogens is 186 g/mol. The van der Waals surface area contributed by atoms with E-state index in [1.807, 2.05) is 19.9 Å². The number of allylic oxidation sites excluding steroid dienone is 2. The van der Waals surface area contributed by atoms with Crippen LogP contribution in [0, 0.1) is 5.92 Å². The topological polar surface area (TPSA) is 35.2 Å². The maximum Gasteiger partial charge on any atom is 0.0916 e. The first-order valence-electron chi connectivity index (χ1n) is 5.80. The molecule has 0 unspecified atom stereocenters. The quantitative estimate of drug-likeness (QED) is 0.494. The molecule has 0 rings (SSSR count). The zero-order valence-electron chi connectivity index (χ0n) is 10.3. The average Bonchev–Trinajstić information content (AvgIpc) is 2.23. The van der Waals surface area contributed by atoms with E-state index in [1.165, 1.54) is 0 Å². The smallest absolute Gasteiger partial charge is 0.0916 e. The Labute approximate surface area is 94.2 Å². The summed E-state index contributed by atoms with van der Waals surface area (Å²) in [6.45, 7) is 10.8. The molecule has 0 aliphatic carbocycles. The molecule has 0 aliphatic rings. The van der Waals surface area contributed by atoms with Crippen molar-refractivity contribution in [3.63, 3.8) is 0 Å². The van der Waals surface area contributed by atoms with E-state index in [9.17, 15) is 0 Å². The van der Waals surface area contributed by atoms with E-state index in [4.69, 9.17) is 10.5 Å². The lowest BCUT2D eigenvalue weighted by molar-refractivity contribution is 0.192. The Hall–Kier alpha value is -0.760. The number of hydrogen-bond donors (Lipinski definition) is 1. The Balaban J connectivity index is 3.69. The van der Waals surface area contributed by atoms with Crippen LogP contribution in [0.2, 0.25) is 0 Å². The first-order chi connectivity index (χ1) is 7.11. The molecule has 0 heterocycles. The van der Waals surface area contributed by atoms with E-state index in [0.29, 0.717) is 12.5 Å². The van der Waals surface area contributed by atoms with E-state index in [-0.39, 0.29) is 6.04 Å². The van der Waals surface area contributed by atoms with E-state index in [1.54, 1.807) is 0 Å². The molecule has 2 nitrogen and oxygen atoms in total. The maximum atomic E-state index is 5.96. The normalized spacial score (nSPS) is 15.2. The molecular formula is C13H25NO. The Bertz CT molecular complexity index is 199. The molecule has 15 heavy (non-hydrogen) atoms. The summed E-state index contributed by atoms with van der Waals surface area (Å²) in [4.78, 5) is 0. The van der Waals surface area contributed by atoms with Gasteiger partial charge in [0, 0.05) is 12.0 Å². The minimum Gasteiger partial charge on any atom is -0.499 e. The van der Waals surface area contributed by atoms with Crippen LogP contribution in [0.1, 0.15) is 40.0 Å². The van der Waals surface area contributed by atoms with Crippen LogP contribution in [-0.4, -0.2) is 12.6 Å². The van der Waals surface area contributed by atoms with Gasteiger partial charge in [-0.15, -0.1) is 0 Å². The molecule has 0 bridgehead atoms. The summed E-state index contributed by atoms with van der Waals surface area (Å²) >= 11 is 0.